The lowest BCUT2D eigenvalue weighted by Crippen LogP contribution is -2.23. The number of ether oxygens (including phenoxy) is 4. The van der Waals surface area contributed by atoms with E-state index in [9.17, 15) is 4.79 Å². The molecule has 0 aliphatic heterocycles. The lowest BCUT2D eigenvalue weighted by atomic mass is 9.86. The Bertz CT molecular complexity index is 935. The van der Waals surface area contributed by atoms with Crippen molar-refractivity contribution in [1.82, 2.24) is 4.90 Å². The van der Waals surface area contributed by atoms with Crippen LogP contribution in [-0.2, 0) is 11.2 Å². The number of rotatable bonds is 18. The summed E-state index contributed by atoms with van der Waals surface area (Å²) in [6.45, 7) is 16.5. The number of carbonyl (C=O) groups excluding carboxylic acids is 1. The van der Waals surface area contributed by atoms with Crippen molar-refractivity contribution in [1.29, 1.82) is 0 Å². The number of carbonyl (C=O) groups is 1. The fourth-order valence-corrected chi connectivity index (χ4v) is 4.66. The number of hydrogen-bond acceptors (Lipinski definition) is 6. The Labute approximate surface area is 224 Å². The highest BCUT2D eigenvalue weighted by Crippen LogP contribution is 2.39. The van der Waals surface area contributed by atoms with Crippen LogP contribution >= 0.6 is 0 Å². The van der Waals surface area contributed by atoms with Gasteiger partial charge in [-0.2, -0.15) is 0 Å². The molecule has 6 nitrogen and oxygen atoms in total. The van der Waals surface area contributed by atoms with E-state index in [1.54, 1.807) is 0 Å². The molecule has 206 valence electrons. The van der Waals surface area contributed by atoms with Crippen molar-refractivity contribution in [3.8, 4) is 23.0 Å². The standard InChI is InChI=1S/C31H47NO5/c1-8-34-26-17-24(18-27(19-26)35-9-2)14-16-32(7)15-12-13-25(22-33)29-20-28(36-10-3)21-30(37-11-4)31(29)23(5)6/h17-23,25H,8-16H2,1-7H3/t25-/m1/s1. The number of hydrogen-bond donors (Lipinski definition) is 0. The van der Waals surface area contributed by atoms with Gasteiger partial charge in [-0.3, -0.25) is 0 Å². The summed E-state index contributed by atoms with van der Waals surface area (Å²) in [6, 6.07) is 10.1. The highest BCUT2D eigenvalue weighted by molar-refractivity contribution is 5.66. The maximum absolute atomic E-state index is 12.3. The average molecular weight is 514 g/mol. The van der Waals surface area contributed by atoms with Crippen molar-refractivity contribution >= 4 is 6.29 Å². The number of nitrogens with zero attached hydrogens (tertiary/aromatic N) is 1. The average Bonchev–Trinajstić information content (AvgIpc) is 2.85. The molecule has 2 aromatic carbocycles. The van der Waals surface area contributed by atoms with E-state index in [0.29, 0.717) is 26.4 Å². The number of aldehydes is 1. The van der Waals surface area contributed by atoms with Crippen molar-refractivity contribution in [2.24, 2.45) is 0 Å². The fourth-order valence-electron chi connectivity index (χ4n) is 4.66. The topological polar surface area (TPSA) is 57.2 Å². The maximum Gasteiger partial charge on any atom is 0.127 e. The van der Waals surface area contributed by atoms with E-state index in [4.69, 9.17) is 18.9 Å². The smallest absolute Gasteiger partial charge is 0.127 e. The highest BCUT2D eigenvalue weighted by atomic mass is 16.5. The minimum Gasteiger partial charge on any atom is -0.494 e. The molecule has 6 heteroatoms. The lowest BCUT2D eigenvalue weighted by molar-refractivity contribution is -0.109. The molecule has 0 amide bonds. The molecule has 0 aromatic heterocycles. The minimum absolute atomic E-state index is 0.193. The van der Waals surface area contributed by atoms with Gasteiger partial charge in [0.2, 0.25) is 0 Å². The summed E-state index contributed by atoms with van der Waals surface area (Å²) in [4.78, 5) is 14.6. The van der Waals surface area contributed by atoms with Crippen LogP contribution in [0.15, 0.2) is 30.3 Å². The summed E-state index contributed by atoms with van der Waals surface area (Å²) < 4.78 is 23.2. The van der Waals surface area contributed by atoms with Crippen LogP contribution in [0.4, 0.5) is 0 Å². The van der Waals surface area contributed by atoms with E-state index >= 15 is 0 Å². The molecule has 2 rings (SSSR count). The van der Waals surface area contributed by atoms with Crippen LogP contribution in [0.25, 0.3) is 0 Å². The molecule has 2 aromatic rings. The quantitative estimate of drug-likeness (QED) is 0.208. The molecule has 1 atom stereocenters. The highest BCUT2D eigenvalue weighted by Gasteiger charge is 2.22. The summed E-state index contributed by atoms with van der Waals surface area (Å²) in [5.41, 5.74) is 3.33. The Morgan fingerprint density at radius 1 is 0.784 bits per heavy atom. The second kappa shape index (κ2) is 16.2. The normalized spacial score (nSPS) is 12.0. The van der Waals surface area contributed by atoms with E-state index in [2.05, 4.69) is 37.9 Å². The first-order chi connectivity index (χ1) is 17.9. The van der Waals surface area contributed by atoms with Crippen molar-refractivity contribution in [3.63, 3.8) is 0 Å². The second-order valence-corrected chi connectivity index (χ2v) is 9.56. The van der Waals surface area contributed by atoms with Gasteiger partial charge in [-0.25, -0.2) is 0 Å². The summed E-state index contributed by atoms with van der Waals surface area (Å²) in [7, 11) is 2.13. The zero-order valence-corrected chi connectivity index (χ0v) is 24.0. The molecular weight excluding hydrogens is 466 g/mol. The molecule has 0 saturated heterocycles. The Morgan fingerprint density at radius 2 is 1.35 bits per heavy atom. The van der Waals surface area contributed by atoms with Gasteiger partial charge in [0.05, 0.1) is 26.4 Å². The fraction of sp³-hybridized carbons (Fsp3) is 0.581. The third kappa shape index (κ3) is 9.58. The van der Waals surface area contributed by atoms with Gasteiger partial charge in [-0.15, -0.1) is 0 Å². The van der Waals surface area contributed by atoms with Crippen LogP contribution in [0.3, 0.4) is 0 Å². The Hall–Kier alpha value is -2.73. The summed E-state index contributed by atoms with van der Waals surface area (Å²) in [5, 5.41) is 0. The molecule has 0 aliphatic carbocycles. The van der Waals surface area contributed by atoms with Gasteiger partial charge in [-0.1, -0.05) is 13.8 Å². The Balaban J connectivity index is 2.05. The predicted octanol–water partition coefficient (Wildman–Crippen LogP) is 6.64. The van der Waals surface area contributed by atoms with Gasteiger partial charge in [0.25, 0.3) is 0 Å². The van der Waals surface area contributed by atoms with E-state index in [0.717, 1.165) is 72.8 Å². The van der Waals surface area contributed by atoms with E-state index < -0.39 is 0 Å². The van der Waals surface area contributed by atoms with Crippen LogP contribution in [0.2, 0.25) is 0 Å². The zero-order chi connectivity index (χ0) is 27.2. The SMILES string of the molecule is CCOc1cc(CCN(C)CCC[C@H](C=O)c2cc(OCC)cc(OCC)c2C(C)C)cc(OCC)c1. The monoisotopic (exact) mass is 513 g/mol. The second-order valence-electron chi connectivity index (χ2n) is 9.56. The first-order valence-corrected chi connectivity index (χ1v) is 13.8. The molecule has 0 radical (unpaired) electrons. The molecular formula is C31H47NO5. The Kier molecular flexibility index (Phi) is 13.3. The van der Waals surface area contributed by atoms with Crippen LogP contribution in [0.1, 0.15) is 82.9 Å². The number of benzene rings is 2. The molecule has 0 bridgehead atoms. The number of likely N-dealkylation sites (N-methyl/N-ethyl adjacent to an activating group) is 1. The van der Waals surface area contributed by atoms with Gasteiger partial charge in [0.1, 0.15) is 29.3 Å². The Morgan fingerprint density at radius 3 is 1.86 bits per heavy atom. The molecule has 0 heterocycles. The van der Waals surface area contributed by atoms with Crippen LogP contribution in [-0.4, -0.2) is 57.8 Å². The first kappa shape index (κ1) is 30.5. The molecule has 0 unspecified atom stereocenters. The van der Waals surface area contributed by atoms with E-state index in [1.807, 2.05) is 45.9 Å². The summed E-state index contributed by atoms with van der Waals surface area (Å²) in [5.74, 6) is 3.33. The lowest BCUT2D eigenvalue weighted by Gasteiger charge is -2.24. The van der Waals surface area contributed by atoms with Crippen molar-refractivity contribution < 1.29 is 23.7 Å². The van der Waals surface area contributed by atoms with Gasteiger partial charge < -0.3 is 28.6 Å². The summed E-state index contributed by atoms with van der Waals surface area (Å²) in [6.07, 6.45) is 3.69. The molecule has 0 fully saturated rings. The molecule has 37 heavy (non-hydrogen) atoms. The van der Waals surface area contributed by atoms with E-state index in [1.165, 1.54) is 5.56 Å². The predicted molar refractivity (Wildman–Crippen MR) is 151 cm³/mol. The van der Waals surface area contributed by atoms with Crippen molar-refractivity contribution in [2.45, 2.75) is 72.6 Å². The molecule has 0 saturated carbocycles. The molecule has 0 N–H and O–H groups in total. The van der Waals surface area contributed by atoms with Gasteiger partial charge >= 0.3 is 0 Å². The third-order valence-corrected chi connectivity index (χ3v) is 6.30. The first-order valence-electron chi connectivity index (χ1n) is 13.8. The molecule has 0 aliphatic rings. The van der Waals surface area contributed by atoms with Gasteiger partial charge in [0.15, 0.2) is 0 Å². The third-order valence-electron chi connectivity index (χ3n) is 6.30. The summed E-state index contributed by atoms with van der Waals surface area (Å²) >= 11 is 0. The van der Waals surface area contributed by atoms with Crippen LogP contribution < -0.4 is 18.9 Å². The van der Waals surface area contributed by atoms with Gasteiger partial charge in [-0.05, 0) is 95.8 Å². The van der Waals surface area contributed by atoms with Crippen LogP contribution in [0.5, 0.6) is 23.0 Å². The zero-order valence-electron chi connectivity index (χ0n) is 24.0. The molecule has 0 spiro atoms. The van der Waals surface area contributed by atoms with Crippen molar-refractivity contribution in [2.75, 3.05) is 46.6 Å². The maximum atomic E-state index is 12.3. The minimum atomic E-state index is -0.193. The largest absolute Gasteiger partial charge is 0.494 e. The van der Waals surface area contributed by atoms with E-state index in [-0.39, 0.29) is 11.8 Å². The van der Waals surface area contributed by atoms with Gasteiger partial charge in [0, 0.05) is 30.2 Å². The van der Waals surface area contributed by atoms with Crippen molar-refractivity contribution in [3.05, 3.63) is 47.0 Å². The van der Waals surface area contributed by atoms with Crippen LogP contribution in [0, 0.1) is 0 Å².